The number of anilines is 1. The summed E-state index contributed by atoms with van der Waals surface area (Å²) < 4.78 is 41.7. The number of aryl methyl sites for hydroxylation is 1. The minimum absolute atomic E-state index is 0.0942. The molecule has 0 N–H and O–H groups in total. The fraction of sp³-hybridized carbons (Fsp3) is 0.583. The molecule has 0 aromatic carbocycles. The van der Waals surface area contributed by atoms with Crippen LogP contribution >= 0.6 is 11.3 Å². The number of thiazole rings is 1. The van der Waals surface area contributed by atoms with E-state index in [2.05, 4.69) is 20.0 Å². The molecular formula is C12H13F3N4OS. The summed E-state index contributed by atoms with van der Waals surface area (Å²) in [5.41, 5.74) is 0. The predicted octanol–water partition coefficient (Wildman–Crippen LogP) is 3.36. The average molecular weight is 318 g/mol. The van der Waals surface area contributed by atoms with Gasteiger partial charge in [-0.25, -0.2) is 4.98 Å². The Bertz CT molecular complexity index is 584. The zero-order chi connectivity index (χ0) is 14.9. The fourth-order valence-corrected chi connectivity index (χ4v) is 3.09. The zero-order valence-electron chi connectivity index (χ0n) is 11.0. The van der Waals surface area contributed by atoms with Gasteiger partial charge in [-0.05, 0) is 12.8 Å². The normalized spacial score (nSPS) is 19.4. The molecule has 0 saturated carbocycles. The van der Waals surface area contributed by atoms with Crippen molar-refractivity contribution < 1.29 is 17.7 Å². The molecule has 21 heavy (non-hydrogen) atoms. The molecular weight excluding hydrogens is 305 g/mol. The van der Waals surface area contributed by atoms with Gasteiger partial charge in [-0.2, -0.15) is 18.2 Å². The maximum absolute atomic E-state index is 12.2. The summed E-state index contributed by atoms with van der Waals surface area (Å²) in [5.74, 6) is 0.480. The fourth-order valence-electron chi connectivity index (χ4n) is 2.37. The van der Waals surface area contributed by atoms with Crippen LogP contribution in [0.5, 0.6) is 0 Å². The van der Waals surface area contributed by atoms with Crippen LogP contribution in [0.1, 0.15) is 37.0 Å². The minimum atomic E-state index is -4.21. The molecule has 1 unspecified atom stereocenters. The van der Waals surface area contributed by atoms with E-state index in [4.69, 9.17) is 4.52 Å². The molecule has 1 saturated heterocycles. The lowest BCUT2D eigenvalue weighted by atomic mass is 10.2. The SMILES string of the molecule is FC(F)(F)CCc1noc(C2CCCN2c2nccs2)n1. The molecule has 2 aromatic heterocycles. The van der Waals surface area contributed by atoms with Gasteiger partial charge in [0.15, 0.2) is 11.0 Å². The van der Waals surface area contributed by atoms with E-state index in [9.17, 15) is 13.2 Å². The summed E-state index contributed by atoms with van der Waals surface area (Å²) >= 11 is 1.52. The van der Waals surface area contributed by atoms with Crippen molar-refractivity contribution in [2.75, 3.05) is 11.4 Å². The van der Waals surface area contributed by atoms with Gasteiger partial charge in [0, 0.05) is 24.5 Å². The Hall–Kier alpha value is -1.64. The number of rotatable bonds is 4. The first kappa shape index (κ1) is 14.3. The summed E-state index contributed by atoms with van der Waals surface area (Å²) in [6, 6.07) is -0.0942. The van der Waals surface area contributed by atoms with Gasteiger partial charge in [0.2, 0.25) is 5.89 Å². The van der Waals surface area contributed by atoms with Crippen LogP contribution in [0.25, 0.3) is 0 Å². The van der Waals surface area contributed by atoms with Gasteiger partial charge in [-0.15, -0.1) is 11.3 Å². The molecule has 0 bridgehead atoms. The van der Waals surface area contributed by atoms with Crippen molar-refractivity contribution in [1.82, 2.24) is 15.1 Å². The first-order chi connectivity index (χ1) is 10.0. The van der Waals surface area contributed by atoms with Crippen molar-refractivity contribution in [3.8, 4) is 0 Å². The van der Waals surface area contributed by atoms with Crippen LogP contribution in [0.2, 0.25) is 0 Å². The second-order valence-electron chi connectivity index (χ2n) is 4.83. The van der Waals surface area contributed by atoms with E-state index in [0.29, 0.717) is 5.89 Å². The van der Waals surface area contributed by atoms with Crippen LogP contribution in [0, 0.1) is 0 Å². The summed E-state index contributed by atoms with van der Waals surface area (Å²) in [4.78, 5) is 10.4. The zero-order valence-corrected chi connectivity index (χ0v) is 11.8. The lowest BCUT2D eigenvalue weighted by molar-refractivity contribution is -0.134. The van der Waals surface area contributed by atoms with Crippen molar-refractivity contribution in [1.29, 1.82) is 0 Å². The number of alkyl halides is 3. The van der Waals surface area contributed by atoms with Gasteiger partial charge in [-0.1, -0.05) is 5.16 Å². The van der Waals surface area contributed by atoms with Crippen LogP contribution in [-0.4, -0.2) is 27.8 Å². The summed E-state index contributed by atoms with van der Waals surface area (Å²) in [7, 11) is 0. The summed E-state index contributed by atoms with van der Waals surface area (Å²) in [6.07, 6.45) is -1.88. The average Bonchev–Trinajstić information content (AvgIpc) is 3.15. The first-order valence-electron chi connectivity index (χ1n) is 6.58. The Kier molecular flexibility index (Phi) is 3.83. The molecule has 3 heterocycles. The molecule has 9 heteroatoms. The van der Waals surface area contributed by atoms with Gasteiger partial charge in [0.05, 0.1) is 6.42 Å². The lowest BCUT2D eigenvalue weighted by Crippen LogP contribution is -2.22. The maximum Gasteiger partial charge on any atom is 0.389 e. The van der Waals surface area contributed by atoms with E-state index in [1.807, 2.05) is 5.38 Å². The first-order valence-corrected chi connectivity index (χ1v) is 7.46. The number of nitrogens with zero attached hydrogens (tertiary/aromatic N) is 4. The Morgan fingerprint density at radius 3 is 3.00 bits per heavy atom. The minimum Gasteiger partial charge on any atom is -0.337 e. The van der Waals surface area contributed by atoms with Crippen molar-refractivity contribution in [2.24, 2.45) is 0 Å². The third kappa shape index (κ3) is 3.34. The highest BCUT2D eigenvalue weighted by Gasteiger charge is 2.33. The quantitative estimate of drug-likeness (QED) is 0.865. The van der Waals surface area contributed by atoms with Crippen molar-refractivity contribution >= 4 is 16.5 Å². The molecule has 0 aliphatic carbocycles. The molecule has 1 aliphatic rings. The maximum atomic E-state index is 12.2. The number of aromatic nitrogens is 3. The van der Waals surface area contributed by atoms with Gasteiger partial charge >= 0.3 is 6.18 Å². The third-order valence-corrected chi connectivity index (χ3v) is 4.13. The molecule has 0 amide bonds. The van der Waals surface area contributed by atoms with E-state index in [1.165, 1.54) is 11.3 Å². The third-order valence-electron chi connectivity index (χ3n) is 3.32. The van der Waals surface area contributed by atoms with Gasteiger partial charge in [-0.3, -0.25) is 0 Å². The largest absolute Gasteiger partial charge is 0.389 e. The monoisotopic (exact) mass is 318 g/mol. The lowest BCUT2D eigenvalue weighted by Gasteiger charge is -2.20. The Labute approximate surface area is 122 Å². The van der Waals surface area contributed by atoms with Crippen LogP contribution in [0.4, 0.5) is 18.3 Å². The highest BCUT2D eigenvalue weighted by molar-refractivity contribution is 7.13. The Morgan fingerprint density at radius 1 is 1.43 bits per heavy atom. The Morgan fingerprint density at radius 2 is 2.29 bits per heavy atom. The molecule has 1 atom stereocenters. The smallest absolute Gasteiger partial charge is 0.337 e. The molecule has 3 rings (SSSR count). The molecule has 0 radical (unpaired) electrons. The molecule has 5 nitrogen and oxygen atoms in total. The highest BCUT2D eigenvalue weighted by atomic mass is 32.1. The molecule has 1 fully saturated rings. The molecule has 114 valence electrons. The van der Waals surface area contributed by atoms with Gasteiger partial charge < -0.3 is 9.42 Å². The van der Waals surface area contributed by atoms with Gasteiger partial charge in [0.25, 0.3) is 0 Å². The summed E-state index contributed by atoms with van der Waals surface area (Å²) in [5, 5.41) is 6.40. The van der Waals surface area contributed by atoms with Crippen LogP contribution in [0.15, 0.2) is 16.1 Å². The van der Waals surface area contributed by atoms with Crippen molar-refractivity contribution in [2.45, 2.75) is 37.9 Å². The van der Waals surface area contributed by atoms with Crippen LogP contribution < -0.4 is 4.90 Å². The van der Waals surface area contributed by atoms with E-state index >= 15 is 0 Å². The van der Waals surface area contributed by atoms with Crippen LogP contribution in [-0.2, 0) is 6.42 Å². The Balaban J connectivity index is 1.70. The van der Waals surface area contributed by atoms with E-state index < -0.39 is 12.6 Å². The van der Waals surface area contributed by atoms with E-state index in [0.717, 1.165) is 24.5 Å². The number of hydrogen-bond acceptors (Lipinski definition) is 6. The van der Waals surface area contributed by atoms with E-state index in [-0.39, 0.29) is 18.3 Å². The second kappa shape index (κ2) is 5.63. The summed E-state index contributed by atoms with van der Waals surface area (Å²) in [6.45, 7) is 0.832. The van der Waals surface area contributed by atoms with Gasteiger partial charge in [0.1, 0.15) is 6.04 Å². The highest BCUT2D eigenvalue weighted by Crippen LogP contribution is 2.36. The topological polar surface area (TPSA) is 55.1 Å². The van der Waals surface area contributed by atoms with Crippen LogP contribution in [0.3, 0.4) is 0 Å². The van der Waals surface area contributed by atoms with Crippen molar-refractivity contribution in [3.63, 3.8) is 0 Å². The second-order valence-corrected chi connectivity index (χ2v) is 5.70. The molecule has 0 spiro atoms. The predicted molar refractivity (Wildman–Crippen MR) is 70.1 cm³/mol. The number of hydrogen-bond donors (Lipinski definition) is 0. The standard InChI is InChI=1S/C12H13F3N4OS/c13-12(14,15)4-3-9-17-10(20-18-9)8-2-1-6-19(8)11-16-5-7-21-11/h5,7-8H,1-4,6H2. The number of halogens is 3. The van der Waals surface area contributed by atoms with Crippen molar-refractivity contribution in [3.05, 3.63) is 23.3 Å². The molecule has 1 aliphatic heterocycles. The molecule has 2 aromatic rings. The van der Waals surface area contributed by atoms with E-state index in [1.54, 1.807) is 6.20 Å².